The van der Waals surface area contributed by atoms with Gasteiger partial charge in [0.1, 0.15) is 0 Å². The predicted molar refractivity (Wildman–Crippen MR) is 101 cm³/mol. The summed E-state index contributed by atoms with van der Waals surface area (Å²) in [5.41, 5.74) is 13.4. The average molecular weight is 501 g/mol. The molecular weight excluding hydrogens is 480 g/mol. The third kappa shape index (κ3) is 3.47. The van der Waals surface area contributed by atoms with Crippen LogP contribution in [0, 0.1) is 0 Å². The Hall–Kier alpha value is -1.76. The summed E-state index contributed by atoms with van der Waals surface area (Å²) in [4.78, 5) is 0. The fourth-order valence-electron chi connectivity index (χ4n) is 3.60. The third-order valence-corrected chi connectivity index (χ3v) is 4.73. The molecule has 2 aliphatic rings. The topological polar surface area (TPSA) is 44.0 Å². The Balaban J connectivity index is 0.00000182. The molecule has 0 bridgehead atoms. The number of benzene rings is 2. The fourth-order valence-corrected chi connectivity index (χ4v) is 3.60. The minimum atomic E-state index is -0.408. The molecule has 1 radical (unpaired) electrons. The first-order chi connectivity index (χ1) is 11.8. The Morgan fingerprint density at radius 3 is 2.72 bits per heavy atom. The number of nitrogens with one attached hydrogen (secondary N) is 1. The van der Waals surface area contributed by atoms with Crippen LogP contribution >= 0.6 is 0 Å². The summed E-state index contributed by atoms with van der Waals surface area (Å²) >= 11 is 0. The van der Waals surface area contributed by atoms with Gasteiger partial charge < -0.3 is 10.8 Å². The van der Waals surface area contributed by atoms with Gasteiger partial charge in [0.15, 0.2) is 0 Å². The van der Waals surface area contributed by atoms with E-state index in [9.17, 15) is 5.11 Å². The van der Waals surface area contributed by atoms with Crippen LogP contribution in [0.3, 0.4) is 0 Å². The van der Waals surface area contributed by atoms with Crippen molar-refractivity contribution in [2.75, 3.05) is 6.54 Å². The van der Waals surface area contributed by atoms with E-state index in [0.717, 1.165) is 12.0 Å². The van der Waals surface area contributed by atoms with E-state index >= 15 is 0 Å². The molecule has 3 heteroatoms. The number of hydrogen-bond donors (Lipinski definition) is 1. The van der Waals surface area contributed by atoms with Crippen molar-refractivity contribution in [3.8, 4) is 0 Å². The molecule has 0 saturated heterocycles. The van der Waals surface area contributed by atoms with Crippen molar-refractivity contribution in [3.05, 3.63) is 94.3 Å². The summed E-state index contributed by atoms with van der Waals surface area (Å²) in [5, 5.41) is 12.4. The molecule has 4 rings (SSSR count). The third-order valence-electron chi connectivity index (χ3n) is 4.73. The van der Waals surface area contributed by atoms with E-state index in [1.807, 2.05) is 6.08 Å². The Kier molecular flexibility index (Phi) is 5.52. The van der Waals surface area contributed by atoms with Gasteiger partial charge in [-0.15, -0.1) is 6.54 Å². The van der Waals surface area contributed by atoms with Gasteiger partial charge in [0, 0.05) is 20.4 Å². The molecule has 1 unspecified atom stereocenters. The number of rotatable bonds is 3. The molecule has 2 aromatic rings. The summed E-state index contributed by atoms with van der Waals surface area (Å²) < 4.78 is 0. The van der Waals surface area contributed by atoms with E-state index in [1.54, 1.807) is 0 Å². The number of allylic oxidation sites excluding steroid dienone is 4. The van der Waals surface area contributed by atoms with Gasteiger partial charge in [0.2, 0.25) is 0 Å². The first-order valence-electron chi connectivity index (χ1n) is 8.42. The molecule has 2 aromatic carbocycles. The molecule has 1 atom stereocenters. The van der Waals surface area contributed by atoms with Crippen molar-refractivity contribution < 1.29 is 25.5 Å². The molecule has 0 aromatic heterocycles. The van der Waals surface area contributed by atoms with E-state index in [2.05, 4.69) is 60.7 Å². The molecule has 127 valence electrons. The Labute approximate surface area is 162 Å². The molecule has 0 fully saturated rings. The molecule has 0 heterocycles. The standard InChI is InChI=1S/C22H20NO.Re/c23-11-10-17-13-18(21-9-8-19(24)14-22(17)21)12-16-6-3-5-15-4-1-2-7-20(15)16;/h1-7,9,12-14,19,23-24H,8,10-11H2;/q-1;/b18-12+;. The van der Waals surface area contributed by atoms with Crippen LogP contribution in [0.4, 0.5) is 0 Å². The number of fused-ring (bicyclic) bond motifs is 2. The van der Waals surface area contributed by atoms with Crippen molar-refractivity contribution in [2.24, 2.45) is 0 Å². The summed E-state index contributed by atoms with van der Waals surface area (Å²) in [6.07, 6.45) is 9.47. The normalized spacial score (nSPS) is 20.6. The Bertz CT molecular complexity index is 915. The molecule has 0 saturated carbocycles. The molecule has 2 aliphatic carbocycles. The van der Waals surface area contributed by atoms with E-state index in [-0.39, 0.29) is 20.4 Å². The second-order valence-corrected chi connectivity index (χ2v) is 6.34. The quantitative estimate of drug-likeness (QED) is 0.617. The smallest absolute Gasteiger partial charge is 0.0764 e. The van der Waals surface area contributed by atoms with E-state index in [1.165, 1.54) is 33.1 Å². The van der Waals surface area contributed by atoms with Gasteiger partial charge in [0.05, 0.1) is 6.10 Å². The zero-order valence-electron chi connectivity index (χ0n) is 13.9. The molecule has 0 spiro atoms. The first kappa shape index (κ1) is 18.0. The van der Waals surface area contributed by atoms with Crippen molar-refractivity contribution in [1.29, 1.82) is 0 Å². The van der Waals surface area contributed by atoms with Crippen LogP contribution in [0.5, 0.6) is 0 Å². The van der Waals surface area contributed by atoms with Gasteiger partial charge in [-0.25, -0.2) is 0 Å². The molecule has 0 amide bonds. The summed E-state index contributed by atoms with van der Waals surface area (Å²) in [5.74, 6) is 0. The fraction of sp³-hybridized carbons (Fsp3) is 0.182. The van der Waals surface area contributed by atoms with Crippen LogP contribution < -0.4 is 0 Å². The zero-order valence-corrected chi connectivity index (χ0v) is 16.6. The summed E-state index contributed by atoms with van der Waals surface area (Å²) in [6, 6.07) is 14.8. The van der Waals surface area contributed by atoms with Crippen molar-refractivity contribution in [3.63, 3.8) is 0 Å². The van der Waals surface area contributed by atoms with E-state index in [4.69, 9.17) is 5.73 Å². The maximum absolute atomic E-state index is 9.95. The maximum atomic E-state index is 9.95. The number of aliphatic hydroxyl groups is 1. The summed E-state index contributed by atoms with van der Waals surface area (Å²) in [6.45, 7) is 0.369. The first-order valence-corrected chi connectivity index (χ1v) is 8.42. The van der Waals surface area contributed by atoms with Crippen LogP contribution in [0.1, 0.15) is 18.4 Å². The molecular formula is C22H20NORe-. The Morgan fingerprint density at radius 2 is 1.88 bits per heavy atom. The molecule has 0 aliphatic heterocycles. The molecule has 2 N–H and O–H groups in total. The van der Waals surface area contributed by atoms with Crippen molar-refractivity contribution >= 4 is 16.8 Å². The Morgan fingerprint density at radius 1 is 1.08 bits per heavy atom. The molecule has 2 nitrogen and oxygen atoms in total. The van der Waals surface area contributed by atoms with Gasteiger partial charge in [-0.3, -0.25) is 0 Å². The van der Waals surface area contributed by atoms with Crippen LogP contribution in [0.15, 0.2) is 83.0 Å². The maximum Gasteiger partial charge on any atom is 0.0764 e. The zero-order chi connectivity index (χ0) is 16.5. The summed E-state index contributed by atoms with van der Waals surface area (Å²) in [7, 11) is 0. The van der Waals surface area contributed by atoms with Gasteiger partial charge in [-0.05, 0) is 63.6 Å². The van der Waals surface area contributed by atoms with Crippen LogP contribution in [-0.4, -0.2) is 17.8 Å². The minimum Gasteiger partial charge on any atom is -0.677 e. The van der Waals surface area contributed by atoms with Gasteiger partial charge in [-0.2, -0.15) is 0 Å². The van der Waals surface area contributed by atoms with E-state index < -0.39 is 6.10 Å². The van der Waals surface area contributed by atoms with Gasteiger partial charge in [0.25, 0.3) is 0 Å². The predicted octanol–water partition coefficient (Wildman–Crippen LogP) is 5.22. The second-order valence-electron chi connectivity index (χ2n) is 6.34. The molecule has 25 heavy (non-hydrogen) atoms. The van der Waals surface area contributed by atoms with Crippen molar-refractivity contribution in [2.45, 2.75) is 18.9 Å². The van der Waals surface area contributed by atoms with Crippen LogP contribution in [-0.2, 0) is 20.4 Å². The average Bonchev–Trinajstić information content (AvgIpc) is 2.92. The SMILES string of the molecule is [NH-]CCC1=C/C(=C\c2cccc3ccccc23)C2=CCC(O)C=C12.[Re]. The van der Waals surface area contributed by atoms with Crippen molar-refractivity contribution in [1.82, 2.24) is 0 Å². The number of hydrogen-bond acceptors (Lipinski definition) is 1. The van der Waals surface area contributed by atoms with E-state index in [0.29, 0.717) is 13.0 Å². The number of aliphatic hydroxyl groups excluding tert-OH is 1. The second kappa shape index (κ2) is 7.64. The van der Waals surface area contributed by atoms with Gasteiger partial charge in [-0.1, -0.05) is 54.6 Å². The van der Waals surface area contributed by atoms with Crippen LogP contribution in [0.25, 0.3) is 22.6 Å². The largest absolute Gasteiger partial charge is 0.677 e. The van der Waals surface area contributed by atoms with Gasteiger partial charge >= 0.3 is 0 Å². The monoisotopic (exact) mass is 501 g/mol. The van der Waals surface area contributed by atoms with Crippen LogP contribution in [0.2, 0.25) is 0 Å². The minimum absolute atomic E-state index is 0.